The molecule has 0 amide bonds. The number of rotatable bonds is 12. The van der Waals surface area contributed by atoms with Crippen molar-refractivity contribution >= 4 is 51.5 Å². The highest BCUT2D eigenvalue weighted by atomic mass is 32.2. The number of carbonyl (C=O) groups is 1. The molecular formula is C16H43NO5SSi4. The molecule has 0 aliphatic heterocycles. The van der Waals surface area contributed by atoms with Crippen molar-refractivity contribution < 1.29 is 22.2 Å². The van der Waals surface area contributed by atoms with Crippen molar-refractivity contribution in [3.8, 4) is 0 Å². The van der Waals surface area contributed by atoms with Crippen LogP contribution in [0.4, 0.5) is 0 Å². The molecule has 0 heterocycles. The Morgan fingerprint density at radius 3 is 1.44 bits per heavy atom. The zero-order chi connectivity index (χ0) is 21.0. The maximum absolute atomic E-state index is 11.0. The number of hydrogen-bond acceptors (Lipinski definition) is 6. The van der Waals surface area contributed by atoms with E-state index in [0.29, 0.717) is 6.04 Å². The van der Waals surface area contributed by atoms with Gasteiger partial charge in [0.2, 0.25) is 0 Å². The Bertz CT molecular complexity index is 432. The standard InChI is InChI=1S/C16H40O5SSi4.H3N/c1-16(2,14-15(17)18)22-12-13-26(19-23(3,4)5,20-24(6,7)8)21-25(9,10)11;/h12-14H2,1-11H3,(H,17,18);1H3. The first-order valence-corrected chi connectivity index (χ1v) is 22.3. The summed E-state index contributed by atoms with van der Waals surface area (Å²) in [5.74, 6) is -0.257. The Labute approximate surface area is 175 Å². The Kier molecular flexibility index (Phi) is 11.6. The van der Waals surface area contributed by atoms with Crippen LogP contribution in [0, 0.1) is 0 Å². The number of aliphatic carboxylic acids is 1. The van der Waals surface area contributed by atoms with Gasteiger partial charge in [0.05, 0.1) is 0 Å². The number of quaternary nitrogens is 1. The first-order chi connectivity index (χ1) is 11.2. The monoisotopic (exact) mass is 473 g/mol. The third-order valence-corrected chi connectivity index (χ3v) is 16.5. The molecule has 0 rings (SSSR count). The van der Waals surface area contributed by atoms with Crippen LogP contribution in [0.25, 0.3) is 0 Å². The summed E-state index contributed by atoms with van der Waals surface area (Å²) in [6, 6.07) is 0.715. The molecule has 27 heavy (non-hydrogen) atoms. The van der Waals surface area contributed by atoms with Crippen molar-refractivity contribution in [3.05, 3.63) is 0 Å². The molecule has 4 N–H and O–H groups in total. The normalized spacial score (nSPS) is 14.0. The first-order valence-electron chi connectivity index (χ1n) is 9.19. The van der Waals surface area contributed by atoms with Gasteiger partial charge >= 0.3 is 8.80 Å². The van der Waals surface area contributed by atoms with E-state index in [9.17, 15) is 9.90 Å². The third kappa shape index (κ3) is 16.1. The van der Waals surface area contributed by atoms with Gasteiger partial charge in [-0.05, 0) is 64.7 Å². The van der Waals surface area contributed by atoms with E-state index in [1.807, 2.05) is 13.8 Å². The molecule has 0 saturated carbocycles. The lowest BCUT2D eigenvalue weighted by Crippen LogP contribution is -2.60. The van der Waals surface area contributed by atoms with E-state index in [4.69, 9.17) is 12.3 Å². The lowest BCUT2D eigenvalue weighted by Gasteiger charge is -2.43. The topological polar surface area (TPSA) is 104 Å². The molecule has 0 saturated heterocycles. The molecule has 0 aliphatic carbocycles. The van der Waals surface area contributed by atoms with E-state index in [-0.39, 0.29) is 17.3 Å². The van der Waals surface area contributed by atoms with Gasteiger partial charge in [-0.15, -0.1) is 0 Å². The lowest BCUT2D eigenvalue weighted by molar-refractivity contribution is -0.306. The molecule has 0 fully saturated rings. The van der Waals surface area contributed by atoms with Gasteiger partial charge in [-0.3, -0.25) is 0 Å². The highest BCUT2D eigenvalue weighted by Crippen LogP contribution is 2.34. The van der Waals surface area contributed by atoms with Crippen LogP contribution in [0.2, 0.25) is 65.0 Å². The molecule has 0 aliphatic rings. The van der Waals surface area contributed by atoms with Crippen LogP contribution < -0.4 is 11.3 Å². The maximum atomic E-state index is 11.0. The second-order valence-electron chi connectivity index (χ2n) is 10.2. The minimum Gasteiger partial charge on any atom is -0.550 e. The molecular weight excluding hydrogens is 431 g/mol. The molecule has 0 aromatic rings. The fraction of sp³-hybridized carbons (Fsp3) is 0.938. The van der Waals surface area contributed by atoms with E-state index >= 15 is 0 Å². The predicted octanol–water partition coefficient (Wildman–Crippen LogP) is 4.51. The van der Waals surface area contributed by atoms with Crippen LogP contribution in [-0.2, 0) is 17.1 Å². The van der Waals surface area contributed by atoms with E-state index in [0.717, 1.165) is 5.75 Å². The molecule has 6 nitrogen and oxygen atoms in total. The summed E-state index contributed by atoms with van der Waals surface area (Å²) < 4.78 is 19.5. The Balaban J connectivity index is 0. The average Bonchev–Trinajstić information content (AvgIpc) is 2.16. The summed E-state index contributed by atoms with van der Waals surface area (Å²) >= 11 is 1.63. The number of hydrogen-bond donors (Lipinski definition) is 1. The van der Waals surface area contributed by atoms with E-state index in [1.54, 1.807) is 11.8 Å². The summed E-state index contributed by atoms with van der Waals surface area (Å²) in [5, 5.41) is 11.0. The van der Waals surface area contributed by atoms with Gasteiger partial charge in [0.25, 0.3) is 0 Å². The van der Waals surface area contributed by atoms with Crippen LogP contribution >= 0.6 is 11.8 Å². The minimum absolute atomic E-state index is 0. The molecule has 164 valence electrons. The molecule has 11 heteroatoms. The fourth-order valence-electron chi connectivity index (χ4n) is 2.47. The van der Waals surface area contributed by atoms with E-state index in [1.165, 1.54) is 0 Å². The summed E-state index contributed by atoms with van der Waals surface area (Å²) in [4.78, 5) is 11.0. The van der Waals surface area contributed by atoms with Gasteiger partial charge < -0.3 is 28.4 Å². The Morgan fingerprint density at radius 1 is 0.852 bits per heavy atom. The van der Waals surface area contributed by atoms with Crippen molar-refractivity contribution in [3.63, 3.8) is 0 Å². The largest absolute Gasteiger partial charge is 0.550 e. The van der Waals surface area contributed by atoms with Crippen LogP contribution in [0.1, 0.15) is 20.3 Å². The van der Waals surface area contributed by atoms with Crippen LogP contribution in [0.15, 0.2) is 0 Å². The third-order valence-electron chi connectivity index (χ3n) is 2.86. The SMILES string of the molecule is CC(C)(CC(=O)[O-])SCC[Si](O[Si](C)(C)C)(O[Si](C)(C)C)O[Si](C)(C)C.[NH4+]. The van der Waals surface area contributed by atoms with Crippen LogP contribution in [0.3, 0.4) is 0 Å². The van der Waals surface area contributed by atoms with Gasteiger partial charge in [0, 0.05) is 23.2 Å². The van der Waals surface area contributed by atoms with Gasteiger partial charge in [0.15, 0.2) is 25.0 Å². The van der Waals surface area contributed by atoms with E-state index < -0.39 is 39.7 Å². The minimum atomic E-state index is -2.84. The second kappa shape index (κ2) is 10.5. The van der Waals surface area contributed by atoms with Crippen molar-refractivity contribution in [2.75, 3.05) is 5.75 Å². The van der Waals surface area contributed by atoms with Crippen molar-refractivity contribution in [1.29, 1.82) is 0 Å². The first kappa shape index (κ1) is 29.7. The highest BCUT2D eigenvalue weighted by molar-refractivity contribution is 8.00. The summed E-state index contributed by atoms with van der Waals surface area (Å²) in [6.45, 7) is 23.4. The highest BCUT2D eigenvalue weighted by Gasteiger charge is 2.49. The molecule has 0 spiro atoms. The maximum Gasteiger partial charge on any atom is 0.470 e. The number of carboxylic acid groups (broad SMARTS) is 1. The molecule has 0 atom stereocenters. The zero-order valence-corrected chi connectivity index (χ0v) is 24.4. The molecule has 0 aromatic carbocycles. The summed E-state index contributed by atoms with van der Waals surface area (Å²) in [6.07, 6.45) is 0.0326. The van der Waals surface area contributed by atoms with Crippen LogP contribution in [-0.4, -0.2) is 50.2 Å². The zero-order valence-electron chi connectivity index (χ0n) is 19.6. The molecule has 0 unspecified atom stereocenters. The second-order valence-corrected chi connectivity index (χ2v) is 29.0. The van der Waals surface area contributed by atoms with Crippen LogP contribution in [0.5, 0.6) is 0 Å². The summed E-state index contributed by atoms with van der Waals surface area (Å²) in [5.41, 5.74) is 0. The average molecular weight is 474 g/mol. The van der Waals surface area contributed by atoms with Gasteiger partial charge in [-0.1, -0.05) is 13.8 Å². The number of carboxylic acids is 1. The lowest BCUT2D eigenvalue weighted by atomic mass is 10.1. The smallest absolute Gasteiger partial charge is 0.470 e. The number of carbonyl (C=O) groups excluding carboxylic acids is 1. The number of thioether (sulfide) groups is 1. The predicted molar refractivity (Wildman–Crippen MR) is 126 cm³/mol. The summed E-state index contributed by atoms with van der Waals surface area (Å²) in [7, 11) is -8.45. The fourth-order valence-corrected chi connectivity index (χ4v) is 18.7. The van der Waals surface area contributed by atoms with Gasteiger partial charge in [0.1, 0.15) is 0 Å². The van der Waals surface area contributed by atoms with Gasteiger partial charge in [-0.25, -0.2) is 0 Å². The molecule has 0 radical (unpaired) electrons. The molecule has 0 aromatic heterocycles. The van der Waals surface area contributed by atoms with Crippen molar-refractivity contribution in [2.24, 2.45) is 0 Å². The van der Waals surface area contributed by atoms with E-state index in [2.05, 4.69) is 58.9 Å². The van der Waals surface area contributed by atoms with Crippen molar-refractivity contribution in [1.82, 2.24) is 6.15 Å². The quantitative estimate of drug-likeness (QED) is 0.418. The van der Waals surface area contributed by atoms with Gasteiger partial charge in [-0.2, -0.15) is 11.8 Å². The Morgan fingerprint density at radius 2 is 1.19 bits per heavy atom. The molecule has 0 bridgehead atoms. The van der Waals surface area contributed by atoms with Crippen molar-refractivity contribution in [2.45, 2.75) is 90.0 Å². The Hall–Kier alpha value is 0.528.